The lowest BCUT2D eigenvalue weighted by Gasteiger charge is -2.09. The highest BCUT2D eigenvalue weighted by Crippen LogP contribution is 2.18. The molecule has 0 fully saturated rings. The van der Waals surface area contributed by atoms with Crippen molar-refractivity contribution in [2.75, 3.05) is 11.9 Å². The van der Waals surface area contributed by atoms with Gasteiger partial charge in [-0.2, -0.15) is 4.68 Å². The Bertz CT molecular complexity index is 540. The van der Waals surface area contributed by atoms with E-state index >= 15 is 0 Å². The molecule has 20 heavy (non-hydrogen) atoms. The first-order valence-electron chi connectivity index (χ1n) is 6.63. The maximum absolute atomic E-state index is 11.9. The van der Waals surface area contributed by atoms with Gasteiger partial charge in [-0.15, -0.1) is 5.10 Å². The third-order valence-electron chi connectivity index (χ3n) is 2.88. The highest BCUT2D eigenvalue weighted by Gasteiger charge is 2.08. The van der Waals surface area contributed by atoms with Gasteiger partial charge in [0.25, 0.3) is 0 Å². The summed E-state index contributed by atoms with van der Waals surface area (Å²) in [6, 6.07) is 7.40. The topological polar surface area (TPSA) is 98.7 Å². The van der Waals surface area contributed by atoms with Crippen molar-refractivity contribution in [1.82, 2.24) is 20.2 Å². The van der Waals surface area contributed by atoms with Gasteiger partial charge in [0.05, 0.1) is 11.4 Å². The molecule has 1 aromatic carbocycles. The number of para-hydroxylation sites is 2. The van der Waals surface area contributed by atoms with Crippen LogP contribution in [-0.4, -0.2) is 32.7 Å². The molecule has 0 bridgehead atoms. The van der Waals surface area contributed by atoms with Gasteiger partial charge in [-0.05, 0) is 41.9 Å². The fourth-order valence-corrected chi connectivity index (χ4v) is 1.87. The molecule has 0 atom stereocenters. The Morgan fingerprint density at radius 3 is 2.85 bits per heavy atom. The number of carbonyl (C=O) groups excluding carboxylic acids is 1. The molecule has 0 aliphatic carbocycles. The quantitative estimate of drug-likeness (QED) is 0.737. The molecule has 0 aliphatic rings. The van der Waals surface area contributed by atoms with Crippen LogP contribution < -0.4 is 11.1 Å². The van der Waals surface area contributed by atoms with E-state index in [1.165, 1.54) is 11.0 Å². The molecule has 2 rings (SSSR count). The van der Waals surface area contributed by atoms with Crippen molar-refractivity contribution in [3.8, 4) is 5.69 Å². The zero-order valence-electron chi connectivity index (χ0n) is 11.2. The van der Waals surface area contributed by atoms with E-state index in [9.17, 15) is 4.79 Å². The highest BCUT2D eigenvalue weighted by molar-refractivity contribution is 5.92. The summed E-state index contributed by atoms with van der Waals surface area (Å²) in [6.07, 6.45) is 4.75. The van der Waals surface area contributed by atoms with Crippen molar-refractivity contribution in [2.24, 2.45) is 5.73 Å². The molecule has 0 saturated carbocycles. The van der Waals surface area contributed by atoms with Gasteiger partial charge in [0.15, 0.2) is 0 Å². The number of hydrogen-bond acceptors (Lipinski definition) is 5. The van der Waals surface area contributed by atoms with E-state index in [0.717, 1.165) is 24.9 Å². The number of carbonyl (C=O) groups is 1. The average Bonchev–Trinajstić information content (AvgIpc) is 2.98. The van der Waals surface area contributed by atoms with Gasteiger partial charge in [0.1, 0.15) is 6.33 Å². The number of amides is 1. The molecule has 1 heterocycles. The third kappa shape index (κ3) is 3.86. The fraction of sp³-hybridized carbons (Fsp3) is 0.385. The second-order valence-corrected chi connectivity index (χ2v) is 4.42. The molecule has 0 radical (unpaired) electrons. The second kappa shape index (κ2) is 7.34. The SMILES string of the molecule is NCCCCCC(=O)Nc1ccccc1-n1cnnn1. The Hall–Kier alpha value is -2.28. The van der Waals surface area contributed by atoms with Crippen molar-refractivity contribution in [2.45, 2.75) is 25.7 Å². The van der Waals surface area contributed by atoms with Crippen molar-refractivity contribution >= 4 is 11.6 Å². The Morgan fingerprint density at radius 2 is 2.10 bits per heavy atom. The molecule has 1 amide bonds. The maximum atomic E-state index is 11.9. The van der Waals surface area contributed by atoms with E-state index in [-0.39, 0.29) is 5.91 Å². The largest absolute Gasteiger partial charge is 0.330 e. The summed E-state index contributed by atoms with van der Waals surface area (Å²) < 4.78 is 1.52. The number of hydrogen-bond donors (Lipinski definition) is 2. The minimum atomic E-state index is -0.0115. The zero-order valence-corrected chi connectivity index (χ0v) is 11.2. The summed E-state index contributed by atoms with van der Waals surface area (Å²) in [6.45, 7) is 0.670. The normalized spacial score (nSPS) is 10.4. The summed E-state index contributed by atoms with van der Waals surface area (Å²) in [5, 5.41) is 13.9. The lowest BCUT2D eigenvalue weighted by molar-refractivity contribution is -0.116. The molecule has 1 aromatic heterocycles. The Labute approximate surface area is 117 Å². The van der Waals surface area contributed by atoms with Crippen molar-refractivity contribution < 1.29 is 4.79 Å². The van der Waals surface area contributed by atoms with Crippen molar-refractivity contribution in [3.63, 3.8) is 0 Å². The predicted molar refractivity (Wildman–Crippen MR) is 75.3 cm³/mol. The number of anilines is 1. The van der Waals surface area contributed by atoms with Gasteiger partial charge in [-0.25, -0.2) is 0 Å². The number of nitrogens with one attached hydrogen (secondary N) is 1. The van der Waals surface area contributed by atoms with Crippen LogP contribution in [0.4, 0.5) is 5.69 Å². The summed E-state index contributed by atoms with van der Waals surface area (Å²) in [7, 11) is 0. The van der Waals surface area contributed by atoms with Gasteiger partial charge in [0, 0.05) is 6.42 Å². The van der Waals surface area contributed by atoms with Crippen LogP contribution in [0.25, 0.3) is 5.69 Å². The molecule has 2 aromatic rings. The highest BCUT2D eigenvalue weighted by atomic mass is 16.1. The van der Waals surface area contributed by atoms with E-state index in [0.29, 0.717) is 18.7 Å². The monoisotopic (exact) mass is 274 g/mol. The first kappa shape index (κ1) is 14.1. The van der Waals surface area contributed by atoms with E-state index in [1.807, 2.05) is 24.3 Å². The van der Waals surface area contributed by atoms with Gasteiger partial charge < -0.3 is 11.1 Å². The molecule has 7 heteroatoms. The number of rotatable bonds is 7. The molecule has 106 valence electrons. The van der Waals surface area contributed by atoms with Crippen LogP contribution in [0.1, 0.15) is 25.7 Å². The van der Waals surface area contributed by atoms with Crippen LogP contribution >= 0.6 is 0 Å². The maximum Gasteiger partial charge on any atom is 0.224 e. The minimum Gasteiger partial charge on any atom is -0.330 e. The fourth-order valence-electron chi connectivity index (χ4n) is 1.87. The standard InChI is InChI=1S/C13H18N6O/c14-9-5-1-2-8-13(20)16-11-6-3-4-7-12(11)19-10-15-17-18-19/h3-4,6-7,10H,1-2,5,8-9,14H2,(H,16,20). The Morgan fingerprint density at radius 1 is 1.25 bits per heavy atom. The number of benzene rings is 1. The van der Waals surface area contributed by atoms with Gasteiger partial charge >= 0.3 is 0 Å². The van der Waals surface area contributed by atoms with Crippen LogP contribution in [0.2, 0.25) is 0 Å². The van der Waals surface area contributed by atoms with Gasteiger partial charge in [0.2, 0.25) is 5.91 Å². The van der Waals surface area contributed by atoms with E-state index < -0.39 is 0 Å². The van der Waals surface area contributed by atoms with Gasteiger partial charge in [-0.1, -0.05) is 18.6 Å². The minimum absolute atomic E-state index is 0.0115. The number of tetrazole rings is 1. The molecule has 0 spiro atoms. The molecular weight excluding hydrogens is 256 g/mol. The zero-order chi connectivity index (χ0) is 14.2. The van der Waals surface area contributed by atoms with Crippen molar-refractivity contribution in [3.05, 3.63) is 30.6 Å². The van der Waals surface area contributed by atoms with Crippen LogP contribution in [0.15, 0.2) is 30.6 Å². The van der Waals surface area contributed by atoms with E-state index in [1.54, 1.807) is 0 Å². The first-order chi connectivity index (χ1) is 9.81. The average molecular weight is 274 g/mol. The molecule has 0 saturated heterocycles. The number of unbranched alkanes of at least 4 members (excludes halogenated alkanes) is 2. The molecule has 7 nitrogen and oxygen atoms in total. The van der Waals surface area contributed by atoms with Gasteiger partial charge in [-0.3, -0.25) is 4.79 Å². The first-order valence-corrected chi connectivity index (χ1v) is 6.63. The van der Waals surface area contributed by atoms with Crippen LogP contribution in [0.3, 0.4) is 0 Å². The third-order valence-corrected chi connectivity index (χ3v) is 2.88. The summed E-state index contributed by atoms with van der Waals surface area (Å²) >= 11 is 0. The molecule has 0 aliphatic heterocycles. The lowest BCUT2D eigenvalue weighted by Crippen LogP contribution is -2.13. The number of aromatic nitrogens is 4. The van der Waals surface area contributed by atoms with E-state index in [2.05, 4.69) is 20.8 Å². The summed E-state index contributed by atoms with van der Waals surface area (Å²) in [5.74, 6) is -0.0115. The van der Waals surface area contributed by atoms with Crippen LogP contribution in [0.5, 0.6) is 0 Å². The van der Waals surface area contributed by atoms with E-state index in [4.69, 9.17) is 5.73 Å². The summed E-state index contributed by atoms with van der Waals surface area (Å²) in [4.78, 5) is 11.9. The Kier molecular flexibility index (Phi) is 5.19. The summed E-state index contributed by atoms with van der Waals surface area (Å²) in [5.41, 5.74) is 6.86. The number of nitrogens with zero attached hydrogens (tertiary/aromatic N) is 4. The molecule has 0 unspecified atom stereocenters. The Balaban J connectivity index is 1.97. The van der Waals surface area contributed by atoms with Crippen LogP contribution in [-0.2, 0) is 4.79 Å². The predicted octanol–water partition coefficient (Wildman–Crippen LogP) is 1.12. The second-order valence-electron chi connectivity index (χ2n) is 4.42. The van der Waals surface area contributed by atoms with Crippen LogP contribution in [0, 0.1) is 0 Å². The van der Waals surface area contributed by atoms with Crippen molar-refractivity contribution in [1.29, 1.82) is 0 Å². The number of nitrogens with two attached hydrogens (primary N) is 1. The lowest BCUT2D eigenvalue weighted by atomic mass is 10.2. The smallest absolute Gasteiger partial charge is 0.224 e. The molecule has 3 N–H and O–H groups in total. The molecular formula is C13H18N6O.